The molecule has 0 radical (unpaired) electrons. The normalized spacial score (nSPS) is 17.2. The van der Waals surface area contributed by atoms with Crippen molar-refractivity contribution in [1.82, 2.24) is 0 Å². The highest BCUT2D eigenvalue weighted by Gasteiger charge is 2.23. The molecule has 0 amide bonds. The first-order valence-corrected chi connectivity index (χ1v) is 12.7. The van der Waals surface area contributed by atoms with E-state index in [1.165, 1.54) is 59.9 Å². The van der Waals surface area contributed by atoms with Gasteiger partial charge in [0, 0.05) is 0 Å². The maximum Gasteiger partial charge on any atom is -0.0161 e. The molecule has 0 heteroatoms. The van der Waals surface area contributed by atoms with Crippen LogP contribution in [0.2, 0.25) is 0 Å². The fourth-order valence-corrected chi connectivity index (χ4v) is 4.63. The zero-order valence-corrected chi connectivity index (χ0v) is 21.4. The maximum atomic E-state index is 4.45. The van der Waals surface area contributed by atoms with Gasteiger partial charge < -0.3 is 0 Å². The van der Waals surface area contributed by atoms with E-state index in [9.17, 15) is 0 Å². The predicted molar refractivity (Wildman–Crippen MR) is 147 cm³/mol. The van der Waals surface area contributed by atoms with E-state index in [-0.39, 0.29) is 0 Å². The third-order valence-electron chi connectivity index (χ3n) is 6.37. The summed E-state index contributed by atoms with van der Waals surface area (Å²) in [6.07, 6.45) is 12.5. The Hall–Kier alpha value is -2.34. The number of hydrogen-bond donors (Lipinski definition) is 0. The SMILES string of the molecule is C=Cc1ccc(CCCC(=C)C2CCC(c3cccc(C)c3)CC2)cc1C=C.CC.CC. The molecule has 1 saturated carbocycles. The summed E-state index contributed by atoms with van der Waals surface area (Å²) < 4.78 is 0. The Bertz CT molecular complexity index is 831. The minimum atomic E-state index is 0.716. The molecule has 174 valence electrons. The summed E-state index contributed by atoms with van der Waals surface area (Å²) in [7, 11) is 0. The Morgan fingerprint density at radius 1 is 0.875 bits per heavy atom. The lowest BCUT2D eigenvalue weighted by atomic mass is 9.75. The molecule has 1 fully saturated rings. The van der Waals surface area contributed by atoms with Crippen LogP contribution < -0.4 is 0 Å². The first-order valence-electron chi connectivity index (χ1n) is 12.7. The molecular weight excluding hydrogens is 384 g/mol. The van der Waals surface area contributed by atoms with Crippen LogP contribution in [0.1, 0.15) is 100.0 Å². The Kier molecular flexibility index (Phi) is 13.4. The van der Waals surface area contributed by atoms with Crippen molar-refractivity contribution >= 4 is 12.2 Å². The van der Waals surface area contributed by atoms with Gasteiger partial charge in [0.2, 0.25) is 0 Å². The minimum Gasteiger partial charge on any atom is -0.0996 e. The minimum absolute atomic E-state index is 0.716. The van der Waals surface area contributed by atoms with Crippen LogP contribution in [-0.2, 0) is 6.42 Å². The molecular formula is C32H46. The lowest BCUT2D eigenvalue weighted by Crippen LogP contribution is -2.15. The van der Waals surface area contributed by atoms with Crippen LogP contribution in [0, 0.1) is 12.8 Å². The molecule has 1 aliphatic carbocycles. The first-order chi connectivity index (χ1) is 15.6. The van der Waals surface area contributed by atoms with Gasteiger partial charge in [0.05, 0.1) is 0 Å². The predicted octanol–water partition coefficient (Wildman–Crippen LogP) is 10.2. The lowest BCUT2D eigenvalue weighted by molar-refractivity contribution is 0.356. The quantitative estimate of drug-likeness (QED) is 0.365. The second kappa shape index (κ2) is 15.5. The van der Waals surface area contributed by atoms with E-state index in [0.717, 1.165) is 24.3 Å². The standard InChI is InChI=1S/C28H34.2C2H6/c1-5-24-14-13-23(20-25(24)6-2)11-8-10-22(4)26-15-17-27(18-16-26)28-12-7-9-21(3)19-28;2*1-2/h5-7,9,12-14,19-20,26-27H,1-2,4,8,10-11,15-18H2,3H3;2*1-2H3. The second-order valence-electron chi connectivity index (χ2n) is 8.35. The van der Waals surface area contributed by atoms with Crippen molar-refractivity contribution < 1.29 is 0 Å². The highest BCUT2D eigenvalue weighted by atomic mass is 14.3. The molecule has 0 bridgehead atoms. The van der Waals surface area contributed by atoms with Crippen LogP contribution in [0.15, 0.2) is 67.8 Å². The maximum absolute atomic E-state index is 4.45. The smallest absolute Gasteiger partial charge is 0.0161 e. The number of aryl methyl sites for hydroxylation is 2. The van der Waals surface area contributed by atoms with Crippen molar-refractivity contribution in [3.05, 3.63) is 95.6 Å². The Balaban J connectivity index is 0.00000121. The van der Waals surface area contributed by atoms with E-state index in [2.05, 4.69) is 69.1 Å². The molecule has 0 N–H and O–H groups in total. The van der Waals surface area contributed by atoms with E-state index in [1.54, 1.807) is 0 Å². The molecule has 2 aromatic rings. The highest BCUT2D eigenvalue weighted by Crippen LogP contribution is 2.39. The van der Waals surface area contributed by atoms with E-state index in [0.29, 0.717) is 5.92 Å². The third-order valence-corrected chi connectivity index (χ3v) is 6.37. The molecule has 3 rings (SSSR count). The van der Waals surface area contributed by atoms with Crippen LogP contribution in [-0.4, -0.2) is 0 Å². The van der Waals surface area contributed by atoms with Gasteiger partial charge in [0.25, 0.3) is 0 Å². The number of allylic oxidation sites excluding steroid dienone is 1. The van der Waals surface area contributed by atoms with Crippen molar-refractivity contribution in [2.45, 2.75) is 85.5 Å². The van der Waals surface area contributed by atoms with Gasteiger partial charge in [-0.25, -0.2) is 0 Å². The largest absolute Gasteiger partial charge is 0.0996 e. The monoisotopic (exact) mass is 430 g/mol. The van der Waals surface area contributed by atoms with Crippen molar-refractivity contribution in [2.24, 2.45) is 5.92 Å². The van der Waals surface area contributed by atoms with E-state index in [1.807, 2.05) is 39.8 Å². The summed E-state index contributed by atoms with van der Waals surface area (Å²) in [6, 6.07) is 15.7. The van der Waals surface area contributed by atoms with E-state index >= 15 is 0 Å². The van der Waals surface area contributed by atoms with Crippen molar-refractivity contribution in [1.29, 1.82) is 0 Å². The molecule has 2 aromatic carbocycles. The van der Waals surface area contributed by atoms with Crippen LogP contribution in [0.4, 0.5) is 0 Å². The zero-order chi connectivity index (χ0) is 23.9. The summed E-state index contributed by atoms with van der Waals surface area (Å²) in [5, 5.41) is 0. The Morgan fingerprint density at radius 2 is 1.53 bits per heavy atom. The topological polar surface area (TPSA) is 0 Å². The summed E-state index contributed by atoms with van der Waals surface area (Å²) in [4.78, 5) is 0. The molecule has 0 atom stereocenters. The van der Waals surface area contributed by atoms with Gasteiger partial charge >= 0.3 is 0 Å². The molecule has 0 nitrogen and oxygen atoms in total. The van der Waals surface area contributed by atoms with Crippen LogP contribution in [0.25, 0.3) is 12.2 Å². The van der Waals surface area contributed by atoms with Crippen LogP contribution in [0.5, 0.6) is 0 Å². The van der Waals surface area contributed by atoms with Gasteiger partial charge in [-0.3, -0.25) is 0 Å². The van der Waals surface area contributed by atoms with E-state index < -0.39 is 0 Å². The third kappa shape index (κ3) is 8.30. The summed E-state index contributed by atoms with van der Waals surface area (Å²) in [6.45, 7) is 22.4. The molecule has 0 saturated heterocycles. The average Bonchev–Trinajstić information content (AvgIpc) is 2.86. The van der Waals surface area contributed by atoms with Gasteiger partial charge in [-0.1, -0.05) is 113 Å². The van der Waals surface area contributed by atoms with E-state index in [4.69, 9.17) is 0 Å². The molecule has 0 heterocycles. The average molecular weight is 431 g/mol. The summed E-state index contributed by atoms with van der Waals surface area (Å²) in [5.74, 6) is 1.46. The van der Waals surface area contributed by atoms with Gasteiger partial charge in [0.15, 0.2) is 0 Å². The molecule has 32 heavy (non-hydrogen) atoms. The number of rotatable bonds is 8. The fourth-order valence-electron chi connectivity index (χ4n) is 4.63. The first kappa shape index (κ1) is 27.7. The molecule has 0 spiro atoms. The van der Waals surface area contributed by atoms with Gasteiger partial charge in [-0.15, -0.1) is 0 Å². The van der Waals surface area contributed by atoms with Crippen molar-refractivity contribution in [3.63, 3.8) is 0 Å². The van der Waals surface area contributed by atoms with Crippen LogP contribution in [0.3, 0.4) is 0 Å². The van der Waals surface area contributed by atoms with Crippen molar-refractivity contribution in [2.75, 3.05) is 0 Å². The molecule has 1 aliphatic rings. The van der Waals surface area contributed by atoms with Gasteiger partial charge in [0.1, 0.15) is 0 Å². The number of benzene rings is 2. The number of hydrogen-bond acceptors (Lipinski definition) is 0. The second-order valence-corrected chi connectivity index (χ2v) is 8.35. The Morgan fingerprint density at radius 3 is 2.12 bits per heavy atom. The van der Waals surface area contributed by atoms with Gasteiger partial charge in [-0.2, -0.15) is 0 Å². The lowest BCUT2D eigenvalue weighted by Gasteiger charge is -2.30. The summed E-state index contributed by atoms with van der Waals surface area (Å²) >= 11 is 0. The molecule has 0 unspecified atom stereocenters. The zero-order valence-electron chi connectivity index (χ0n) is 21.4. The fraction of sp³-hybridized carbons (Fsp3) is 0.438. The summed E-state index contributed by atoms with van der Waals surface area (Å²) in [5.41, 5.74) is 8.11. The Labute approximate surface area is 199 Å². The van der Waals surface area contributed by atoms with Gasteiger partial charge in [-0.05, 0) is 86.0 Å². The van der Waals surface area contributed by atoms with Crippen LogP contribution >= 0.6 is 0 Å². The van der Waals surface area contributed by atoms with Crippen molar-refractivity contribution in [3.8, 4) is 0 Å². The molecule has 0 aliphatic heterocycles. The molecule has 0 aromatic heterocycles. The highest BCUT2D eigenvalue weighted by molar-refractivity contribution is 5.64.